The molecule has 0 saturated carbocycles. The molecule has 30 heavy (non-hydrogen) atoms. The van der Waals surface area contributed by atoms with E-state index in [1.54, 1.807) is 59.7 Å². The Morgan fingerprint density at radius 2 is 1.93 bits per heavy atom. The van der Waals surface area contributed by atoms with Crippen molar-refractivity contribution >= 4 is 27.5 Å². The lowest BCUT2D eigenvalue weighted by molar-refractivity contribution is 0.0560. The normalized spacial score (nSPS) is 29.4. The van der Waals surface area contributed by atoms with Gasteiger partial charge in [0.15, 0.2) is 9.84 Å². The number of fused-ring (bicyclic) bond motifs is 3. The molecule has 2 aliphatic rings. The molecule has 0 saturated heterocycles. The number of nitrogens with two attached hydrogens (primary N) is 1. The van der Waals surface area contributed by atoms with Gasteiger partial charge in [0.25, 0.3) is 0 Å². The van der Waals surface area contributed by atoms with Crippen LogP contribution in [0.2, 0.25) is 0 Å². The van der Waals surface area contributed by atoms with Crippen molar-refractivity contribution in [3.8, 4) is 5.75 Å². The molecule has 2 aliphatic heterocycles. The third-order valence-corrected chi connectivity index (χ3v) is 8.69. The second kappa shape index (κ2) is 6.87. The first-order valence-corrected chi connectivity index (χ1v) is 11.5. The minimum Gasteiger partial charge on any atom is -0.490 e. The quantitative estimate of drug-likeness (QED) is 0.602. The van der Waals surface area contributed by atoms with Crippen molar-refractivity contribution in [1.82, 2.24) is 5.32 Å². The molecule has 166 valence electrons. The second-order valence-electron chi connectivity index (χ2n) is 9.70. The van der Waals surface area contributed by atoms with E-state index in [-0.39, 0.29) is 18.4 Å². The van der Waals surface area contributed by atoms with Crippen molar-refractivity contribution in [2.24, 2.45) is 4.99 Å². The number of hydrogen-bond donors (Lipinski definition) is 2. The summed E-state index contributed by atoms with van der Waals surface area (Å²) in [6.45, 7) is 11.9. The van der Waals surface area contributed by atoms with Crippen LogP contribution >= 0.6 is 0 Å². The van der Waals surface area contributed by atoms with E-state index in [0.29, 0.717) is 17.0 Å². The Bertz CT molecular complexity index is 1010. The molecule has 0 unspecified atom stereocenters. The number of anilines is 1. The lowest BCUT2D eigenvalue weighted by Crippen LogP contribution is -2.62. The fraction of sp³-hybridized carbons (Fsp3) is 0.619. The number of carbonyl (C=O) groups excluding carboxylic acids is 1. The number of benzene rings is 1. The molecule has 3 atom stereocenters. The van der Waals surface area contributed by atoms with Crippen LogP contribution in [-0.4, -0.2) is 42.0 Å². The summed E-state index contributed by atoms with van der Waals surface area (Å²) in [4.78, 5) is 17.3. The summed E-state index contributed by atoms with van der Waals surface area (Å²) in [5, 5.41) is 1.75. The van der Waals surface area contributed by atoms with Gasteiger partial charge >= 0.3 is 6.09 Å². The van der Waals surface area contributed by atoms with Gasteiger partial charge in [-0.15, -0.1) is 0 Å². The van der Waals surface area contributed by atoms with E-state index in [1.807, 2.05) is 6.92 Å². The summed E-state index contributed by atoms with van der Waals surface area (Å²) in [5.41, 5.74) is 5.15. The third-order valence-electron chi connectivity index (χ3n) is 5.67. The van der Waals surface area contributed by atoms with Gasteiger partial charge in [-0.1, -0.05) is 0 Å². The number of alkyl carbamates (subject to hydrolysis) is 1. The molecule has 0 spiro atoms. The van der Waals surface area contributed by atoms with Crippen molar-refractivity contribution < 1.29 is 22.7 Å². The predicted octanol–water partition coefficient (Wildman–Crippen LogP) is 3.15. The summed E-state index contributed by atoms with van der Waals surface area (Å²) < 4.78 is 37.5. The van der Waals surface area contributed by atoms with Crippen LogP contribution in [0, 0.1) is 0 Å². The van der Waals surface area contributed by atoms with Crippen molar-refractivity contribution in [3.63, 3.8) is 0 Å². The number of amides is 1. The van der Waals surface area contributed by atoms with E-state index < -0.39 is 37.1 Å². The number of aliphatic imine (C=N–C) groups is 1. The van der Waals surface area contributed by atoms with Crippen LogP contribution in [0.3, 0.4) is 0 Å². The molecule has 8 nitrogen and oxygen atoms in total. The SMILES string of the molecule is C[C@@H]1C[C@H]2[C@](C)(N=C(NC(=O)OC(C)(C)C)C(C)(C)S2(=O)=O)c2cc(N)ccc2O1. The van der Waals surface area contributed by atoms with Gasteiger partial charge in [-0.2, -0.15) is 0 Å². The van der Waals surface area contributed by atoms with Gasteiger partial charge in [-0.3, -0.25) is 10.3 Å². The van der Waals surface area contributed by atoms with Crippen LogP contribution < -0.4 is 15.8 Å². The van der Waals surface area contributed by atoms with Gasteiger partial charge in [0.2, 0.25) is 0 Å². The highest BCUT2D eigenvalue weighted by atomic mass is 32.2. The van der Waals surface area contributed by atoms with E-state index in [4.69, 9.17) is 20.2 Å². The minimum atomic E-state index is -3.79. The van der Waals surface area contributed by atoms with Crippen LogP contribution in [0.4, 0.5) is 10.5 Å². The van der Waals surface area contributed by atoms with Crippen molar-refractivity contribution in [3.05, 3.63) is 23.8 Å². The van der Waals surface area contributed by atoms with Gasteiger partial charge in [-0.25, -0.2) is 13.2 Å². The lowest BCUT2D eigenvalue weighted by atomic mass is 9.85. The molecule has 1 amide bonds. The highest BCUT2D eigenvalue weighted by Gasteiger charge is 2.59. The van der Waals surface area contributed by atoms with E-state index in [2.05, 4.69) is 5.32 Å². The van der Waals surface area contributed by atoms with Crippen LogP contribution in [0.5, 0.6) is 5.75 Å². The molecule has 1 aromatic rings. The number of ether oxygens (including phenoxy) is 2. The maximum atomic E-state index is 13.8. The van der Waals surface area contributed by atoms with E-state index in [0.717, 1.165) is 0 Å². The summed E-state index contributed by atoms with van der Waals surface area (Å²) in [6.07, 6.45) is -0.821. The largest absolute Gasteiger partial charge is 0.490 e. The highest BCUT2D eigenvalue weighted by Crippen LogP contribution is 2.49. The monoisotopic (exact) mass is 437 g/mol. The molecule has 2 heterocycles. The zero-order chi connectivity index (χ0) is 22.7. The fourth-order valence-corrected chi connectivity index (χ4v) is 6.40. The highest BCUT2D eigenvalue weighted by molar-refractivity contribution is 7.94. The molecule has 1 aromatic carbocycles. The lowest BCUT2D eigenvalue weighted by Gasteiger charge is -2.44. The first-order chi connectivity index (χ1) is 13.6. The maximum absolute atomic E-state index is 13.8. The van der Waals surface area contributed by atoms with Crippen LogP contribution in [0.1, 0.15) is 60.5 Å². The Balaban J connectivity index is 2.21. The Hall–Kier alpha value is -2.29. The van der Waals surface area contributed by atoms with E-state index in [1.165, 1.54) is 0 Å². The fourth-order valence-electron chi connectivity index (χ4n) is 4.01. The topological polar surface area (TPSA) is 120 Å². The summed E-state index contributed by atoms with van der Waals surface area (Å²) in [5.74, 6) is 0.579. The number of carbonyl (C=O) groups is 1. The summed E-state index contributed by atoms with van der Waals surface area (Å²) in [6, 6.07) is 5.14. The Kier molecular flexibility index (Phi) is 5.13. The Morgan fingerprint density at radius 1 is 1.30 bits per heavy atom. The third kappa shape index (κ3) is 3.64. The average Bonchev–Trinajstić information content (AvgIpc) is 2.67. The van der Waals surface area contributed by atoms with Crippen molar-refractivity contribution in [2.45, 2.75) is 82.1 Å². The Morgan fingerprint density at radius 3 is 2.53 bits per heavy atom. The zero-order valence-electron chi connectivity index (χ0n) is 18.6. The van der Waals surface area contributed by atoms with Gasteiger partial charge in [0.1, 0.15) is 27.5 Å². The predicted molar refractivity (Wildman–Crippen MR) is 117 cm³/mol. The van der Waals surface area contributed by atoms with Gasteiger partial charge in [0.05, 0.1) is 11.4 Å². The summed E-state index contributed by atoms with van der Waals surface area (Å²) >= 11 is 0. The smallest absolute Gasteiger partial charge is 0.413 e. The van der Waals surface area contributed by atoms with E-state index in [9.17, 15) is 13.2 Å². The Labute approximate surface area is 178 Å². The molecule has 0 fully saturated rings. The summed E-state index contributed by atoms with van der Waals surface area (Å²) in [7, 11) is -3.79. The molecule has 0 bridgehead atoms. The molecule has 0 aromatic heterocycles. The number of nitrogens with zero attached hydrogens (tertiary/aromatic N) is 1. The number of rotatable bonds is 0. The van der Waals surface area contributed by atoms with Crippen LogP contribution in [0.25, 0.3) is 0 Å². The van der Waals surface area contributed by atoms with Crippen molar-refractivity contribution in [2.75, 3.05) is 5.73 Å². The number of nitrogen functional groups attached to an aromatic ring is 1. The van der Waals surface area contributed by atoms with Gasteiger partial charge < -0.3 is 15.2 Å². The van der Waals surface area contributed by atoms with Crippen LogP contribution in [0.15, 0.2) is 23.2 Å². The molecular formula is C21H31N3O5S. The molecular weight excluding hydrogens is 406 g/mol. The average molecular weight is 438 g/mol. The van der Waals surface area contributed by atoms with Crippen molar-refractivity contribution in [1.29, 1.82) is 0 Å². The first-order valence-electron chi connectivity index (χ1n) is 9.98. The molecule has 3 rings (SSSR count). The van der Waals surface area contributed by atoms with Crippen LogP contribution in [-0.2, 0) is 20.1 Å². The van der Waals surface area contributed by atoms with Gasteiger partial charge in [-0.05, 0) is 66.7 Å². The maximum Gasteiger partial charge on any atom is 0.413 e. The number of sulfone groups is 1. The molecule has 3 N–H and O–H groups in total. The minimum absolute atomic E-state index is 0.0402. The van der Waals surface area contributed by atoms with Gasteiger partial charge in [0, 0.05) is 17.7 Å². The molecule has 0 radical (unpaired) electrons. The first kappa shape index (κ1) is 22.4. The zero-order valence-corrected chi connectivity index (χ0v) is 19.4. The number of amidine groups is 1. The van der Waals surface area contributed by atoms with E-state index >= 15 is 0 Å². The second-order valence-corrected chi connectivity index (χ2v) is 12.4. The number of hydrogen-bond acceptors (Lipinski definition) is 7. The molecule has 0 aliphatic carbocycles. The standard InChI is InChI=1S/C21H31N3O5S/c1-12-10-16-21(7,14-11-13(22)8-9-15(14)28-12)24-17(20(5,6)30(16,26)27)23-18(25)29-19(2,3)4/h8-9,11-12,16H,10,22H2,1-7H3,(H,23,24,25)/t12-,16+,21-/m1/s1. The number of nitrogens with one attached hydrogen (secondary N) is 1. The molecule has 9 heteroatoms.